The van der Waals surface area contributed by atoms with Crippen LogP contribution in [0.3, 0.4) is 0 Å². The molecule has 3 rings (SSSR count). The third-order valence-corrected chi connectivity index (χ3v) is 7.02. The van der Waals surface area contributed by atoms with Gasteiger partial charge in [-0.05, 0) is 42.7 Å². The molecule has 1 amide bonds. The molecular weight excluding hydrogens is 420 g/mol. The Kier molecular flexibility index (Phi) is 7.32. The van der Waals surface area contributed by atoms with E-state index in [0.29, 0.717) is 12.4 Å². The second-order valence-corrected chi connectivity index (χ2v) is 9.79. The van der Waals surface area contributed by atoms with E-state index in [4.69, 9.17) is 9.47 Å². The van der Waals surface area contributed by atoms with Gasteiger partial charge in [0.2, 0.25) is 10.0 Å². The number of benzene rings is 2. The highest BCUT2D eigenvalue weighted by atomic mass is 32.2. The molecule has 3 atom stereocenters. The van der Waals surface area contributed by atoms with Gasteiger partial charge in [0.15, 0.2) is 0 Å². The van der Waals surface area contributed by atoms with Gasteiger partial charge in [0.25, 0.3) is 5.91 Å². The van der Waals surface area contributed by atoms with E-state index in [1.807, 2.05) is 44.2 Å². The fourth-order valence-electron chi connectivity index (χ4n) is 3.62. The average molecular weight is 449 g/mol. The lowest BCUT2D eigenvalue weighted by Gasteiger charge is -2.43. The Morgan fingerprint density at radius 3 is 2.42 bits per heavy atom. The zero-order valence-corrected chi connectivity index (χ0v) is 18.6. The molecule has 0 bridgehead atoms. The van der Waals surface area contributed by atoms with Gasteiger partial charge in [0, 0.05) is 6.54 Å². The van der Waals surface area contributed by atoms with E-state index in [1.54, 1.807) is 24.5 Å². The zero-order valence-electron chi connectivity index (χ0n) is 17.8. The van der Waals surface area contributed by atoms with Crippen LogP contribution in [0.25, 0.3) is 0 Å². The van der Waals surface area contributed by atoms with Gasteiger partial charge in [0.05, 0.1) is 17.1 Å². The van der Waals surface area contributed by atoms with Crippen LogP contribution in [0, 0.1) is 5.92 Å². The predicted octanol–water partition coefficient (Wildman–Crippen LogP) is 2.57. The summed E-state index contributed by atoms with van der Waals surface area (Å²) in [5.41, 5.74) is 2.58. The molecule has 1 heterocycles. The summed E-state index contributed by atoms with van der Waals surface area (Å²) in [4.78, 5) is 12.4. The number of carbonyl (C=O) groups is 1. The molecule has 3 unspecified atom stereocenters. The largest absolute Gasteiger partial charge is 0.489 e. The van der Waals surface area contributed by atoms with Crippen molar-refractivity contribution in [1.29, 1.82) is 0 Å². The lowest BCUT2D eigenvalue weighted by molar-refractivity contribution is -0.153. The summed E-state index contributed by atoms with van der Waals surface area (Å²) in [6, 6.07) is 14.5. The quantitative estimate of drug-likeness (QED) is 0.498. The summed E-state index contributed by atoms with van der Waals surface area (Å²) in [7, 11) is -4.02. The van der Waals surface area contributed by atoms with Gasteiger partial charge in [-0.2, -0.15) is 4.31 Å². The molecule has 2 aromatic rings. The first kappa shape index (κ1) is 23.2. The minimum absolute atomic E-state index is 0.00407. The Labute approximate surface area is 182 Å². The average Bonchev–Trinajstić information content (AvgIpc) is 2.77. The predicted molar refractivity (Wildman–Crippen MR) is 114 cm³/mol. The monoisotopic (exact) mass is 448 g/mol. The molecular formula is C22H28N2O6S. The molecule has 2 N–H and O–H groups in total. The normalized spacial score (nSPS) is 22.3. The smallest absolute Gasteiger partial charge is 0.264 e. The van der Waals surface area contributed by atoms with E-state index >= 15 is 0 Å². The van der Waals surface area contributed by atoms with Crippen molar-refractivity contribution >= 4 is 15.9 Å². The van der Waals surface area contributed by atoms with Crippen LogP contribution in [0.1, 0.15) is 26.3 Å². The highest BCUT2D eigenvalue weighted by Crippen LogP contribution is 2.30. The van der Waals surface area contributed by atoms with Crippen molar-refractivity contribution in [3.05, 3.63) is 60.2 Å². The van der Waals surface area contributed by atoms with Crippen molar-refractivity contribution in [2.45, 2.75) is 50.5 Å². The van der Waals surface area contributed by atoms with Gasteiger partial charge in [-0.1, -0.05) is 44.2 Å². The van der Waals surface area contributed by atoms with Crippen molar-refractivity contribution in [2.75, 3.05) is 6.54 Å². The van der Waals surface area contributed by atoms with Crippen molar-refractivity contribution in [1.82, 2.24) is 9.79 Å². The second kappa shape index (κ2) is 9.78. The summed E-state index contributed by atoms with van der Waals surface area (Å²) < 4.78 is 39.5. The fraction of sp³-hybridized carbons (Fsp3) is 0.409. The van der Waals surface area contributed by atoms with Gasteiger partial charge in [-0.15, -0.1) is 0 Å². The number of sulfonamides is 1. The Morgan fingerprint density at radius 2 is 1.84 bits per heavy atom. The van der Waals surface area contributed by atoms with Crippen LogP contribution < -0.4 is 10.2 Å². The maximum absolute atomic E-state index is 13.4. The molecule has 31 heavy (non-hydrogen) atoms. The second-order valence-electron chi connectivity index (χ2n) is 7.90. The third-order valence-electron chi connectivity index (χ3n) is 5.16. The van der Waals surface area contributed by atoms with Crippen LogP contribution in [0.5, 0.6) is 5.75 Å². The molecule has 2 aromatic carbocycles. The Bertz CT molecular complexity index is 979. The first-order valence-electron chi connectivity index (χ1n) is 10.1. The van der Waals surface area contributed by atoms with Gasteiger partial charge >= 0.3 is 0 Å². The summed E-state index contributed by atoms with van der Waals surface area (Å²) in [6.07, 6.45) is -1.10. The lowest BCUT2D eigenvalue weighted by atomic mass is 9.96. The topological polar surface area (TPSA) is 105 Å². The van der Waals surface area contributed by atoms with Gasteiger partial charge in [0.1, 0.15) is 18.4 Å². The maximum Gasteiger partial charge on any atom is 0.264 e. The molecule has 0 aromatic heterocycles. The van der Waals surface area contributed by atoms with E-state index in [2.05, 4.69) is 0 Å². The molecule has 0 spiro atoms. The zero-order chi connectivity index (χ0) is 22.6. The van der Waals surface area contributed by atoms with Gasteiger partial charge < -0.3 is 9.47 Å². The number of nitrogens with zero attached hydrogens (tertiary/aromatic N) is 1. The molecule has 0 aliphatic carbocycles. The van der Waals surface area contributed by atoms with E-state index in [1.165, 1.54) is 12.1 Å². The Morgan fingerprint density at radius 1 is 1.19 bits per heavy atom. The molecule has 8 nitrogen and oxygen atoms in total. The van der Waals surface area contributed by atoms with Crippen LogP contribution in [0.2, 0.25) is 0 Å². The van der Waals surface area contributed by atoms with Crippen LogP contribution in [0.15, 0.2) is 59.5 Å². The Hall–Kier alpha value is -2.46. The molecule has 168 valence electrons. The number of nitrogens with one attached hydrogen (secondary N) is 1. The van der Waals surface area contributed by atoms with Gasteiger partial charge in [-0.25, -0.2) is 13.9 Å². The van der Waals surface area contributed by atoms with Crippen molar-refractivity contribution in [2.24, 2.45) is 5.92 Å². The highest BCUT2D eigenvalue weighted by Gasteiger charge is 2.47. The van der Waals surface area contributed by atoms with Gasteiger partial charge in [-0.3, -0.25) is 10.0 Å². The number of morpholine rings is 1. The van der Waals surface area contributed by atoms with Crippen LogP contribution >= 0.6 is 0 Å². The minimum atomic E-state index is -4.02. The third kappa shape index (κ3) is 5.24. The van der Waals surface area contributed by atoms with E-state index < -0.39 is 34.2 Å². The first-order chi connectivity index (χ1) is 14.7. The van der Waals surface area contributed by atoms with E-state index in [9.17, 15) is 18.4 Å². The molecule has 1 aliphatic heterocycles. The number of ether oxygens (including phenoxy) is 2. The van der Waals surface area contributed by atoms with Crippen LogP contribution in [-0.4, -0.2) is 48.6 Å². The summed E-state index contributed by atoms with van der Waals surface area (Å²) in [5.74, 6) is -0.434. The molecule has 1 fully saturated rings. The molecule has 0 saturated carbocycles. The number of hydrogen-bond acceptors (Lipinski definition) is 6. The minimum Gasteiger partial charge on any atom is -0.489 e. The number of amides is 1. The number of rotatable bonds is 7. The summed E-state index contributed by atoms with van der Waals surface area (Å²) >= 11 is 0. The van der Waals surface area contributed by atoms with E-state index in [-0.39, 0.29) is 17.4 Å². The molecule has 0 radical (unpaired) electrons. The molecule has 1 saturated heterocycles. The molecule has 9 heteroatoms. The van der Waals surface area contributed by atoms with Crippen molar-refractivity contribution in [3.63, 3.8) is 0 Å². The summed E-state index contributed by atoms with van der Waals surface area (Å²) in [5, 5.41) is 9.20. The standard InChI is InChI=1S/C22H28N2O6S/c1-15(2)21-20(22(25)23-26)24(13-16(3)30-21)31(27,28)19-11-9-18(10-12-19)29-14-17-7-5-4-6-8-17/h4-12,15-16,20-21,26H,13-14H2,1-3H3,(H,23,25). The Balaban J connectivity index is 1.83. The number of carbonyl (C=O) groups excluding carboxylic acids is 1. The number of hydrogen-bond donors (Lipinski definition) is 2. The fourth-order valence-corrected chi connectivity index (χ4v) is 5.29. The summed E-state index contributed by atoms with van der Waals surface area (Å²) in [6.45, 7) is 5.79. The van der Waals surface area contributed by atoms with Crippen LogP contribution in [-0.2, 0) is 26.2 Å². The van der Waals surface area contributed by atoms with Crippen molar-refractivity contribution in [3.8, 4) is 5.75 Å². The van der Waals surface area contributed by atoms with Crippen molar-refractivity contribution < 1.29 is 27.9 Å². The number of hydroxylamine groups is 1. The van der Waals surface area contributed by atoms with Crippen LogP contribution in [0.4, 0.5) is 0 Å². The maximum atomic E-state index is 13.4. The SMILES string of the molecule is CC1CN(S(=O)(=O)c2ccc(OCc3ccccc3)cc2)C(C(=O)NO)C(C(C)C)O1. The molecule has 1 aliphatic rings. The first-order valence-corrected chi connectivity index (χ1v) is 11.6. The highest BCUT2D eigenvalue weighted by molar-refractivity contribution is 7.89. The van der Waals surface area contributed by atoms with E-state index in [0.717, 1.165) is 9.87 Å². The lowest BCUT2D eigenvalue weighted by Crippen LogP contribution is -2.62.